The highest BCUT2D eigenvalue weighted by molar-refractivity contribution is 6.06. The zero-order valence-electron chi connectivity index (χ0n) is 16.0. The van der Waals surface area contributed by atoms with Gasteiger partial charge in [-0.15, -0.1) is 0 Å². The first-order chi connectivity index (χ1) is 13.6. The molecule has 28 heavy (non-hydrogen) atoms. The molecule has 1 saturated heterocycles. The van der Waals surface area contributed by atoms with Crippen LogP contribution in [0.15, 0.2) is 42.5 Å². The zero-order valence-corrected chi connectivity index (χ0v) is 16.0. The van der Waals surface area contributed by atoms with Gasteiger partial charge in [0.2, 0.25) is 0 Å². The molecular formula is C21H24N2O5. The van der Waals surface area contributed by atoms with Crippen LogP contribution in [0.3, 0.4) is 0 Å². The summed E-state index contributed by atoms with van der Waals surface area (Å²) in [6, 6.07) is 11.7. The van der Waals surface area contributed by atoms with Gasteiger partial charge in [-0.05, 0) is 43.2 Å². The third kappa shape index (κ3) is 4.80. The molecular weight excluding hydrogens is 360 g/mol. The molecule has 1 unspecified atom stereocenters. The maximum absolute atomic E-state index is 12.6. The summed E-state index contributed by atoms with van der Waals surface area (Å²) in [5, 5.41) is 5.66. The van der Waals surface area contributed by atoms with Gasteiger partial charge < -0.3 is 24.8 Å². The Morgan fingerprint density at radius 1 is 1.04 bits per heavy atom. The number of methoxy groups -OCH3 is 2. The molecule has 2 amide bonds. The number of amides is 2. The van der Waals surface area contributed by atoms with E-state index in [2.05, 4.69) is 10.6 Å². The summed E-state index contributed by atoms with van der Waals surface area (Å²) in [5.41, 5.74) is 1.38. The van der Waals surface area contributed by atoms with Crippen molar-refractivity contribution < 1.29 is 23.8 Å². The molecule has 0 aliphatic carbocycles. The number of carbonyl (C=O) groups excluding carboxylic acids is 2. The van der Waals surface area contributed by atoms with Gasteiger partial charge in [0.25, 0.3) is 11.8 Å². The largest absolute Gasteiger partial charge is 0.493 e. The molecule has 1 aliphatic heterocycles. The maximum atomic E-state index is 12.6. The van der Waals surface area contributed by atoms with Crippen molar-refractivity contribution in [1.29, 1.82) is 0 Å². The second-order valence-corrected chi connectivity index (χ2v) is 6.45. The quantitative estimate of drug-likeness (QED) is 0.767. The van der Waals surface area contributed by atoms with Crippen molar-refractivity contribution in [2.24, 2.45) is 0 Å². The predicted molar refractivity (Wildman–Crippen MR) is 105 cm³/mol. The lowest BCUT2D eigenvalue weighted by atomic mass is 10.1. The van der Waals surface area contributed by atoms with E-state index in [9.17, 15) is 9.59 Å². The Bertz CT molecular complexity index is 846. The number of anilines is 1. The van der Waals surface area contributed by atoms with Crippen LogP contribution >= 0.6 is 0 Å². The van der Waals surface area contributed by atoms with Gasteiger partial charge in [-0.1, -0.05) is 6.07 Å². The highest BCUT2D eigenvalue weighted by Crippen LogP contribution is 2.29. The standard InChI is InChI=1S/C21H24N2O5/c1-26-18-9-8-16(12-19(18)27-2)23-21(25)15-6-3-5-14(11-15)20(24)22-13-17-7-4-10-28-17/h3,5-6,8-9,11-12,17H,4,7,10,13H2,1-2H3,(H,22,24)(H,23,25). The second kappa shape index (κ2) is 9.23. The van der Waals surface area contributed by atoms with Gasteiger partial charge in [0.05, 0.1) is 20.3 Å². The van der Waals surface area contributed by atoms with E-state index in [1.54, 1.807) is 49.6 Å². The number of hydrogen-bond donors (Lipinski definition) is 2. The summed E-state index contributed by atoms with van der Waals surface area (Å²) in [6.45, 7) is 1.22. The Hall–Kier alpha value is -3.06. The van der Waals surface area contributed by atoms with Gasteiger partial charge in [-0.2, -0.15) is 0 Å². The molecule has 1 atom stereocenters. The van der Waals surface area contributed by atoms with E-state index in [1.165, 1.54) is 7.11 Å². The smallest absolute Gasteiger partial charge is 0.255 e. The van der Waals surface area contributed by atoms with E-state index in [-0.39, 0.29) is 17.9 Å². The Kier molecular flexibility index (Phi) is 6.49. The summed E-state index contributed by atoms with van der Waals surface area (Å²) in [7, 11) is 3.08. The topological polar surface area (TPSA) is 85.9 Å². The fraction of sp³-hybridized carbons (Fsp3) is 0.333. The van der Waals surface area contributed by atoms with Crippen molar-refractivity contribution in [1.82, 2.24) is 5.32 Å². The molecule has 0 radical (unpaired) electrons. The first-order valence-electron chi connectivity index (χ1n) is 9.14. The first-order valence-corrected chi connectivity index (χ1v) is 9.14. The monoisotopic (exact) mass is 384 g/mol. The van der Waals surface area contributed by atoms with E-state index in [1.807, 2.05) is 0 Å². The minimum absolute atomic E-state index is 0.0699. The van der Waals surface area contributed by atoms with Gasteiger partial charge in [-0.25, -0.2) is 0 Å². The Labute approximate surface area is 164 Å². The second-order valence-electron chi connectivity index (χ2n) is 6.45. The molecule has 0 spiro atoms. The number of carbonyl (C=O) groups is 2. The van der Waals surface area contributed by atoms with Crippen LogP contribution in [-0.4, -0.2) is 45.3 Å². The number of ether oxygens (including phenoxy) is 3. The van der Waals surface area contributed by atoms with Crippen LogP contribution < -0.4 is 20.1 Å². The number of benzene rings is 2. The Morgan fingerprint density at radius 3 is 2.46 bits per heavy atom. The van der Waals surface area contributed by atoms with E-state index >= 15 is 0 Å². The number of hydrogen-bond acceptors (Lipinski definition) is 5. The normalized spacial score (nSPS) is 15.7. The average Bonchev–Trinajstić information content (AvgIpc) is 3.25. The van der Waals surface area contributed by atoms with Gasteiger partial charge in [0.15, 0.2) is 11.5 Å². The molecule has 0 aromatic heterocycles. The van der Waals surface area contributed by atoms with Crippen molar-refractivity contribution in [3.05, 3.63) is 53.6 Å². The summed E-state index contributed by atoms with van der Waals surface area (Å²) >= 11 is 0. The summed E-state index contributed by atoms with van der Waals surface area (Å²) in [5.74, 6) is 0.547. The minimum Gasteiger partial charge on any atom is -0.493 e. The fourth-order valence-electron chi connectivity index (χ4n) is 3.03. The molecule has 2 aromatic rings. The van der Waals surface area contributed by atoms with Gasteiger partial charge in [0, 0.05) is 36.0 Å². The first kappa shape index (κ1) is 19.7. The van der Waals surface area contributed by atoms with Gasteiger partial charge in [-0.3, -0.25) is 9.59 Å². The highest BCUT2D eigenvalue weighted by atomic mass is 16.5. The van der Waals surface area contributed by atoms with Gasteiger partial charge in [0.1, 0.15) is 0 Å². The van der Waals surface area contributed by atoms with Crippen molar-refractivity contribution in [2.75, 3.05) is 32.7 Å². The predicted octanol–water partition coefficient (Wildman–Crippen LogP) is 2.86. The summed E-state index contributed by atoms with van der Waals surface area (Å²) in [6.07, 6.45) is 2.04. The molecule has 7 heteroatoms. The van der Waals surface area contributed by atoms with Crippen molar-refractivity contribution >= 4 is 17.5 Å². The number of rotatable bonds is 7. The lowest BCUT2D eigenvalue weighted by molar-refractivity contribution is 0.0858. The van der Waals surface area contributed by atoms with Crippen LogP contribution in [0.4, 0.5) is 5.69 Å². The third-order valence-electron chi connectivity index (χ3n) is 4.54. The average molecular weight is 384 g/mol. The van der Waals surface area contributed by atoms with Crippen LogP contribution in [0.5, 0.6) is 11.5 Å². The maximum Gasteiger partial charge on any atom is 0.255 e. The van der Waals surface area contributed by atoms with Crippen molar-refractivity contribution in [2.45, 2.75) is 18.9 Å². The fourth-order valence-corrected chi connectivity index (χ4v) is 3.03. The SMILES string of the molecule is COc1ccc(NC(=O)c2cccc(C(=O)NCC3CCCO3)c2)cc1OC. The minimum atomic E-state index is -0.319. The van der Waals surface area contributed by atoms with Crippen LogP contribution in [0.2, 0.25) is 0 Å². The van der Waals surface area contributed by atoms with E-state index in [0.717, 1.165) is 19.4 Å². The van der Waals surface area contributed by atoms with E-state index < -0.39 is 0 Å². The third-order valence-corrected chi connectivity index (χ3v) is 4.54. The Morgan fingerprint density at radius 2 is 1.79 bits per heavy atom. The van der Waals surface area contributed by atoms with E-state index in [4.69, 9.17) is 14.2 Å². The molecule has 7 nitrogen and oxygen atoms in total. The molecule has 0 bridgehead atoms. The zero-order chi connectivity index (χ0) is 19.9. The number of nitrogens with one attached hydrogen (secondary N) is 2. The molecule has 148 valence electrons. The van der Waals surface area contributed by atoms with E-state index in [0.29, 0.717) is 34.9 Å². The molecule has 2 N–H and O–H groups in total. The highest BCUT2D eigenvalue weighted by Gasteiger charge is 2.17. The van der Waals surface area contributed by atoms with Crippen LogP contribution in [0.25, 0.3) is 0 Å². The van der Waals surface area contributed by atoms with Crippen LogP contribution in [0.1, 0.15) is 33.6 Å². The van der Waals surface area contributed by atoms with Gasteiger partial charge >= 0.3 is 0 Å². The van der Waals surface area contributed by atoms with Crippen LogP contribution in [-0.2, 0) is 4.74 Å². The van der Waals surface area contributed by atoms with Crippen molar-refractivity contribution in [3.63, 3.8) is 0 Å². The summed E-state index contributed by atoms with van der Waals surface area (Å²) < 4.78 is 15.9. The Balaban J connectivity index is 1.65. The van der Waals surface area contributed by atoms with Crippen LogP contribution in [0, 0.1) is 0 Å². The summed E-state index contributed by atoms with van der Waals surface area (Å²) in [4.78, 5) is 24.9. The molecule has 0 saturated carbocycles. The molecule has 3 rings (SSSR count). The molecule has 1 aliphatic rings. The lowest BCUT2D eigenvalue weighted by Crippen LogP contribution is -2.31. The van der Waals surface area contributed by atoms with Crippen molar-refractivity contribution in [3.8, 4) is 11.5 Å². The molecule has 1 fully saturated rings. The molecule has 2 aromatic carbocycles. The lowest BCUT2D eigenvalue weighted by Gasteiger charge is -2.12. The molecule has 1 heterocycles.